The topological polar surface area (TPSA) is 84.1 Å². The number of para-hydroxylation sites is 1. The van der Waals surface area contributed by atoms with Gasteiger partial charge in [0.05, 0.1) is 17.2 Å². The van der Waals surface area contributed by atoms with Crippen LogP contribution in [-0.2, 0) is 20.9 Å². The van der Waals surface area contributed by atoms with Gasteiger partial charge in [0.1, 0.15) is 22.9 Å². The summed E-state index contributed by atoms with van der Waals surface area (Å²) in [5, 5.41) is 12.5. The average Bonchev–Trinajstić information content (AvgIpc) is 3.25. The molecule has 0 saturated carbocycles. The molecule has 0 atom stereocenters. The Bertz CT molecular complexity index is 1480. The second-order valence-corrected chi connectivity index (χ2v) is 11.4. The molecule has 0 spiro atoms. The van der Waals surface area contributed by atoms with Gasteiger partial charge in [0, 0.05) is 40.2 Å². The smallest absolute Gasteiger partial charge is 0.344 e. The van der Waals surface area contributed by atoms with Crippen molar-refractivity contribution in [2.24, 2.45) is 4.99 Å². The molecule has 2 aromatic carbocycles. The van der Waals surface area contributed by atoms with Gasteiger partial charge in [0.15, 0.2) is 0 Å². The van der Waals surface area contributed by atoms with Crippen LogP contribution in [0.1, 0.15) is 38.2 Å². The summed E-state index contributed by atoms with van der Waals surface area (Å²) >= 11 is 4.79. The second-order valence-electron chi connectivity index (χ2n) is 9.48. The summed E-state index contributed by atoms with van der Waals surface area (Å²) in [5.74, 6) is -0.672. The number of rotatable bonds is 6. The van der Waals surface area contributed by atoms with Gasteiger partial charge in [-0.25, -0.2) is 9.79 Å². The second kappa shape index (κ2) is 12.3. The van der Waals surface area contributed by atoms with Crippen LogP contribution in [0.25, 0.3) is 17.0 Å². The first-order valence-electron chi connectivity index (χ1n) is 13.1. The Morgan fingerprint density at radius 3 is 2.56 bits per heavy atom. The van der Waals surface area contributed by atoms with E-state index >= 15 is 0 Å². The van der Waals surface area contributed by atoms with E-state index in [0.717, 1.165) is 46.9 Å². The monoisotopic (exact) mass is 607 g/mol. The fourth-order valence-corrected chi connectivity index (χ4v) is 6.25. The Morgan fingerprint density at radius 2 is 1.85 bits per heavy atom. The average molecular weight is 609 g/mol. The van der Waals surface area contributed by atoms with Crippen LogP contribution in [0, 0.1) is 0 Å². The van der Waals surface area contributed by atoms with Crippen molar-refractivity contribution in [3.63, 3.8) is 0 Å². The normalized spacial score (nSPS) is 18.3. The number of aliphatic hydroxyl groups excluding tert-OH is 1. The zero-order valence-electron chi connectivity index (χ0n) is 21.7. The molecule has 0 unspecified atom stereocenters. The van der Waals surface area contributed by atoms with E-state index in [4.69, 9.17) is 4.74 Å². The molecule has 9 heteroatoms. The number of carbonyl (C=O) groups is 2. The summed E-state index contributed by atoms with van der Waals surface area (Å²) in [5.41, 5.74) is 2.47. The molecule has 7 nitrogen and oxygen atoms in total. The number of likely N-dealkylation sites (tertiary alicyclic amines) is 1. The first-order chi connectivity index (χ1) is 18.9. The SMILES string of the molecule is CCOC(=O)C1=C(O)/C(=C/c2cn(CC(=O)N3CCCCCC3)c3ccc(Br)cc23)SC1=Nc1ccccc1. The first kappa shape index (κ1) is 27.3. The summed E-state index contributed by atoms with van der Waals surface area (Å²) in [6.07, 6.45) is 8.19. The third-order valence-electron chi connectivity index (χ3n) is 6.78. The van der Waals surface area contributed by atoms with Gasteiger partial charge in [-0.1, -0.05) is 58.7 Å². The Hall–Kier alpha value is -3.30. The molecule has 0 radical (unpaired) electrons. The largest absolute Gasteiger partial charge is 0.506 e. The Morgan fingerprint density at radius 1 is 1.10 bits per heavy atom. The fourth-order valence-electron chi connectivity index (χ4n) is 4.86. The van der Waals surface area contributed by atoms with Gasteiger partial charge in [-0.05, 0) is 56.2 Å². The molecule has 1 saturated heterocycles. The van der Waals surface area contributed by atoms with E-state index in [1.54, 1.807) is 6.92 Å². The van der Waals surface area contributed by atoms with Gasteiger partial charge in [-0.2, -0.15) is 0 Å². The zero-order chi connectivity index (χ0) is 27.4. The molecule has 1 fully saturated rings. The first-order valence-corrected chi connectivity index (χ1v) is 14.8. The van der Waals surface area contributed by atoms with E-state index in [0.29, 0.717) is 15.6 Å². The molecule has 202 valence electrons. The predicted molar refractivity (Wildman–Crippen MR) is 160 cm³/mol. The number of carbonyl (C=O) groups excluding carboxylic acids is 2. The Labute approximate surface area is 240 Å². The number of aliphatic imine (C=N–C) groups is 1. The number of aliphatic hydroxyl groups is 1. The molecule has 0 aliphatic carbocycles. The van der Waals surface area contributed by atoms with E-state index in [-0.39, 0.29) is 30.4 Å². The van der Waals surface area contributed by atoms with E-state index in [1.807, 2.05) is 70.3 Å². The molecule has 3 aromatic rings. The summed E-state index contributed by atoms with van der Waals surface area (Å²) in [4.78, 5) is 33.1. The summed E-state index contributed by atoms with van der Waals surface area (Å²) < 4.78 is 8.10. The van der Waals surface area contributed by atoms with E-state index in [9.17, 15) is 14.7 Å². The summed E-state index contributed by atoms with van der Waals surface area (Å²) in [7, 11) is 0. The zero-order valence-corrected chi connectivity index (χ0v) is 24.1. The Balaban J connectivity index is 1.53. The summed E-state index contributed by atoms with van der Waals surface area (Å²) in [6, 6.07) is 15.2. The van der Waals surface area contributed by atoms with Crippen LogP contribution < -0.4 is 0 Å². The number of esters is 1. The number of thioether (sulfide) groups is 1. The molecule has 1 N–H and O–H groups in total. The number of nitrogens with zero attached hydrogens (tertiary/aromatic N) is 3. The van der Waals surface area contributed by atoms with Crippen LogP contribution in [0.2, 0.25) is 0 Å². The summed E-state index contributed by atoms with van der Waals surface area (Å²) in [6.45, 7) is 3.75. The third-order valence-corrected chi connectivity index (χ3v) is 8.30. The molecule has 5 rings (SSSR count). The molecular weight excluding hydrogens is 578 g/mol. The molecular formula is C30H30BrN3O4S. The minimum absolute atomic E-state index is 0.0539. The van der Waals surface area contributed by atoms with Gasteiger partial charge in [0.25, 0.3) is 0 Å². The van der Waals surface area contributed by atoms with Crippen LogP contribution in [0.3, 0.4) is 0 Å². The highest BCUT2D eigenvalue weighted by Crippen LogP contribution is 2.41. The lowest BCUT2D eigenvalue weighted by atomic mass is 10.1. The number of amides is 1. The van der Waals surface area contributed by atoms with Crippen molar-refractivity contribution in [3.8, 4) is 0 Å². The fraction of sp³-hybridized carbons (Fsp3) is 0.300. The van der Waals surface area contributed by atoms with Crippen LogP contribution >= 0.6 is 27.7 Å². The van der Waals surface area contributed by atoms with Crippen molar-refractivity contribution < 1.29 is 19.4 Å². The van der Waals surface area contributed by atoms with Crippen LogP contribution in [0.5, 0.6) is 0 Å². The minimum Gasteiger partial charge on any atom is -0.506 e. The molecule has 3 heterocycles. The molecule has 0 bridgehead atoms. The lowest BCUT2D eigenvalue weighted by molar-refractivity contribution is -0.138. The van der Waals surface area contributed by atoms with Crippen LogP contribution in [0.4, 0.5) is 5.69 Å². The highest BCUT2D eigenvalue weighted by atomic mass is 79.9. The molecule has 2 aliphatic heterocycles. The highest BCUT2D eigenvalue weighted by molar-refractivity contribution is 9.10. The number of aromatic nitrogens is 1. The number of ether oxygens (including phenoxy) is 1. The van der Waals surface area contributed by atoms with E-state index in [2.05, 4.69) is 20.9 Å². The van der Waals surface area contributed by atoms with Gasteiger partial charge in [-0.15, -0.1) is 0 Å². The number of hydrogen-bond donors (Lipinski definition) is 1. The maximum absolute atomic E-state index is 13.2. The molecule has 39 heavy (non-hydrogen) atoms. The van der Waals surface area contributed by atoms with Crippen molar-refractivity contribution in [2.45, 2.75) is 39.2 Å². The van der Waals surface area contributed by atoms with Gasteiger partial charge in [0.2, 0.25) is 5.91 Å². The van der Waals surface area contributed by atoms with Crippen molar-refractivity contribution in [1.82, 2.24) is 9.47 Å². The lowest BCUT2D eigenvalue weighted by Crippen LogP contribution is -2.34. The van der Waals surface area contributed by atoms with Crippen molar-refractivity contribution >= 4 is 67.3 Å². The predicted octanol–water partition coefficient (Wildman–Crippen LogP) is 7.00. The maximum Gasteiger partial charge on any atom is 0.344 e. The minimum atomic E-state index is -0.617. The van der Waals surface area contributed by atoms with Crippen molar-refractivity contribution in [2.75, 3.05) is 19.7 Å². The molecule has 2 aliphatic rings. The third kappa shape index (κ3) is 6.15. The lowest BCUT2D eigenvalue weighted by Gasteiger charge is -2.20. The Kier molecular flexibility index (Phi) is 8.57. The van der Waals surface area contributed by atoms with Gasteiger partial charge >= 0.3 is 5.97 Å². The number of hydrogen-bond acceptors (Lipinski definition) is 6. The van der Waals surface area contributed by atoms with E-state index < -0.39 is 5.97 Å². The maximum atomic E-state index is 13.2. The number of halogens is 1. The number of fused-ring (bicyclic) bond motifs is 1. The quantitative estimate of drug-likeness (QED) is 0.305. The van der Waals surface area contributed by atoms with Crippen molar-refractivity contribution in [3.05, 3.63) is 81.0 Å². The molecule has 1 aromatic heterocycles. The highest BCUT2D eigenvalue weighted by Gasteiger charge is 2.33. The number of benzene rings is 2. The van der Waals surface area contributed by atoms with E-state index in [1.165, 1.54) is 24.6 Å². The van der Waals surface area contributed by atoms with Crippen molar-refractivity contribution in [1.29, 1.82) is 0 Å². The van der Waals surface area contributed by atoms with Gasteiger partial charge in [-0.3, -0.25) is 4.79 Å². The van der Waals surface area contributed by atoms with Crippen LogP contribution in [0.15, 0.2) is 80.4 Å². The molecule has 1 amide bonds. The standard InChI is InChI=1S/C30H30BrN3O4S/c1-2-38-30(37)27-28(36)25(39-29(27)32-22-10-6-5-7-11-22)16-20-18-34(24-13-12-21(31)17-23(20)24)19-26(35)33-14-8-3-4-9-15-33/h5-7,10-13,16-18,36H,2-4,8-9,14-15,19H2,1H3/b25-16-,32-29?. The van der Waals surface area contributed by atoms with Gasteiger partial charge < -0.3 is 19.3 Å². The van der Waals surface area contributed by atoms with Crippen LogP contribution in [-0.4, -0.2) is 51.2 Å².